The van der Waals surface area contributed by atoms with Crippen LogP contribution in [0.1, 0.15) is 18.5 Å². The number of aryl methyl sites for hydroxylation is 1. The van der Waals surface area contributed by atoms with E-state index in [2.05, 4.69) is 25.5 Å². The van der Waals surface area contributed by atoms with E-state index in [-0.39, 0.29) is 18.0 Å². The van der Waals surface area contributed by atoms with Crippen molar-refractivity contribution >= 4 is 17.7 Å². The van der Waals surface area contributed by atoms with Crippen molar-refractivity contribution in [3.05, 3.63) is 58.3 Å². The first-order valence-electron chi connectivity index (χ1n) is 7.91. The van der Waals surface area contributed by atoms with E-state index in [1.165, 1.54) is 17.8 Å². The summed E-state index contributed by atoms with van der Waals surface area (Å²) in [6.45, 7) is 3.58. The van der Waals surface area contributed by atoms with Crippen LogP contribution in [0.2, 0.25) is 0 Å². The SMILES string of the molecule is Cc1cc(=O)[nH]c(S[C@@H](C)C(=O)NCc2nnc(-c3ccccc3)o2)n1. The third-order valence-corrected chi connectivity index (χ3v) is 4.39. The number of hydrogen-bond acceptors (Lipinski definition) is 7. The molecule has 1 atom stereocenters. The van der Waals surface area contributed by atoms with Gasteiger partial charge in [-0.3, -0.25) is 9.59 Å². The minimum Gasteiger partial charge on any atom is -0.419 e. The van der Waals surface area contributed by atoms with Gasteiger partial charge in [0.1, 0.15) is 0 Å². The predicted molar refractivity (Wildman–Crippen MR) is 96.5 cm³/mol. The second kappa shape index (κ2) is 7.96. The summed E-state index contributed by atoms with van der Waals surface area (Å²) in [5, 5.41) is 10.6. The molecule has 0 unspecified atom stereocenters. The summed E-state index contributed by atoms with van der Waals surface area (Å²) in [7, 11) is 0. The van der Waals surface area contributed by atoms with Crippen LogP contribution in [0.4, 0.5) is 0 Å². The normalized spacial score (nSPS) is 11.9. The fraction of sp³-hybridized carbons (Fsp3) is 0.235. The van der Waals surface area contributed by atoms with Gasteiger partial charge in [0.15, 0.2) is 5.16 Å². The number of aromatic nitrogens is 4. The largest absolute Gasteiger partial charge is 0.419 e. The zero-order chi connectivity index (χ0) is 18.5. The van der Waals surface area contributed by atoms with E-state index in [1.807, 2.05) is 30.3 Å². The number of thioether (sulfide) groups is 1. The summed E-state index contributed by atoms with van der Waals surface area (Å²) >= 11 is 1.17. The molecule has 0 aliphatic carbocycles. The number of rotatable bonds is 6. The van der Waals surface area contributed by atoms with Gasteiger partial charge < -0.3 is 14.7 Å². The summed E-state index contributed by atoms with van der Waals surface area (Å²) in [6, 6.07) is 10.8. The minimum atomic E-state index is -0.448. The number of hydrogen-bond donors (Lipinski definition) is 2. The average molecular weight is 371 g/mol. The van der Waals surface area contributed by atoms with E-state index in [0.717, 1.165) is 5.56 Å². The van der Waals surface area contributed by atoms with Crippen LogP contribution in [0, 0.1) is 6.92 Å². The van der Waals surface area contributed by atoms with Gasteiger partial charge in [0.2, 0.25) is 17.7 Å². The molecule has 0 aliphatic rings. The molecule has 0 saturated carbocycles. The van der Waals surface area contributed by atoms with Crippen molar-refractivity contribution in [1.82, 2.24) is 25.5 Å². The first kappa shape index (κ1) is 17.9. The molecule has 1 amide bonds. The molecular formula is C17H17N5O3S. The molecule has 0 fully saturated rings. The van der Waals surface area contributed by atoms with Crippen molar-refractivity contribution in [2.45, 2.75) is 30.8 Å². The highest BCUT2D eigenvalue weighted by Gasteiger charge is 2.17. The molecule has 0 saturated heterocycles. The molecule has 3 aromatic rings. The van der Waals surface area contributed by atoms with E-state index in [4.69, 9.17) is 4.42 Å². The Bertz CT molecular complexity index is 954. The van der Waals surface area contributed by atoms with Gasteiger partial charge in [-0.1, -0.05) is 30.0 Å². The Kier molecular flexibility index (Phi) is 5.47. The first-order valence-corrected chi connectivity index (χ1v) is 8.79. The van der Waals surface area contributed by atoms with Crippen LogP contribution >= 0.6 is 11.8 Å². The molecule has 26 heavy (non-hydrogen) atoms. The summed E-state index contributed by atoms with van der Waals surface area (Å²) in [4.78, 5) is 30.5. The highest BCUT2D eigenvalue weighted by Crippen LogP contribution is 2.19. The van der Waals surface area contributed by atoms with Gasteiger partial charge in [0.05, 0.1) is 11.8 Å². The van der Waals surface area contributed by atoms with E-state index in [1.54, 1.807) is 13.8 Å². The maximum Gasteiger partial charge on any atom is 0.251 e. The molecule has 0 bridgehead atoms. The molecular weight excluding hydrogens is 354 g/mol. The lowest BCUT2D eigenvalue weighted by atomic mass is 10.2. The number of carbonyl (C=O) groups is 1. The third-order valence-electron chi connectivity index (χ3n) is 3.41. The number of benzene rings is 1. The highest BCUT2D eigenvalue weighted by atomic mass is 32.2. The summed E-state index contributed by atoms with van der Waals surface area (Å²) in [6.07, 6.45) is 0. The molecule has 0 spiro atoms. The lowest BCUT2D eigenvalue weighted by molar-refractivity contribution is -0.120. The Morgan fingerprint density at radius 1 is 1.31 bits per heavy atom. The van der Waals surface area contributed by atoms with Crippen LogP contribution in [0.25, 0.3) is 11.5 Å². The molecule has 8 nitrogen and oxygen atoms in total. The lowest BCUT2D eigenvalue weighted by Gasteiger charge is -2.10. The zero-order valence-electron chi connectivity index (χ0n) is 14.2. The first-order chi connectivity index (χ1) is 12.5. The molecule has 2 heterocycles. The van der Waals surface area contributed by atoms with Crippen molar-refractivity contribution < 1.29 is 9.21 Å². The van der Waals surface area contributed by atoms with Crippen LogP contribution < -0.4 is 10.9 Å². The molecule has 0 radical (unpaired) electrons. The Labute approximate surface area is 153 Å². The fourth-order valence-corrected chi connectivity index (χ4v) is 3.04. The Hall–Kier alpha value is -2.94. The fourth-order valence-electron chi connectivity index (χ4n) is 2.16. The maximum absolute atomic E-state index is 12.2. The van der Waals surface area contributed by atoms with E-state index >= 15 is 0 Å². The molecule has 0 aliphatic heterocycles. The van der Waals surface area contributed by atoms with E-state index in [9.17, 15) is 9.59 Å². The van der Waals surface area contributed by atoms with Gasteiger partial charge in [-0.2, -0.15) is 0 Å². The molecule has 2 aromatic heterocycles. The second-order valence-corrected chi connectivity index (χ2v) is 6.87. The Morgan fingerprint density at radius 2 is 2.08 bits per heavy atom. The summed E-state index contributed by atoms with van der Waals surface area (Å²) < 4.78 is 5.55. The molecule has 1 aromatic carbocycles. The Morgan fingerprint density at radius 3 is 2.81 bits per heavy atom. The second-order valence-electron chi connectivity index (χ2n) is 5.54. The summed E-state index contributed by atoms with van der Waals surface area (Å²) in [5.41, 5.74) is 1.17. The molecule has 3 rings (SSSR count). The number of nitrogens with zero attached hydrogens (tertiary/aromatic N) is 3. The van der Waals surface area contributed by atoms with Crippen molar-refractivity contribution in [2.24, 2.45) is 0 Å². The third kappa shape index (κ3) is 4.57. The zero-order valence-corrected chi connectivity index (χ0v) is 15.0. The molecule has 9 heteroatoms. The number of nitrogens with one attached hydrogen (secondary N) is 2. The van der Waals surface area contributed by atoms with Crippen LogP contribution in [-0.4, -0.2) is 31.3 Å². The van der Waals surface area contributed by atoms with Gasteiger partial charge in [-0.25, -0.2) is 4.98 Å². The smallest absolute Gasteiger partial charge is 0.251 e. The quantitative estimate of drug-likeness (QED) is 0.503. The maximum atomic E-state index is 12.2. The van der Waals surface area contributed by atoms with E-state index in [0.29, 0.717) is 22.6 Å². The lowest BCUT2D eigenvalue weighted by Crippen LogP contribution is -2.30. The predicted octanol–water partition coefficient (Wildman–Crippen LogP) is 1.93. The minimum absolute atomic E-state index is 0.126. The van der Waals surface area contributed by atoms with Gasteiger partial charge in [-0.05, 0) is 26.0 Å². The van der Waals surface area contributed by atoms with Crippen molar-refractivity contribution in [3.8, 4) is 11.5 Å². The van der Waals surface area contributed by atoms with Crippen LogP contribution in [0.15, 0.2) is 50.8 Å². The van der Waals surface area contributed by atoms with Gasteiger partial charge in [0.25, 0.3) is 5.56 Å². The van der Waals surface area contributed by atoms with Crippen LogP contribution in [0.3, 0.4) is 0 Å². The molecule has 2 N–H and O–H groups in total. The average Bonchev–Trinajstić information content (AvgIpc) is 3.08. The van der Waals surface area contributed by atoms with Crippen molar-refractivity contribution in [2.75, 3.05) is 0 Å². The monoisotopic (exact) mass is 371 g/mol. The van der Waals surface area contributed by atoms with Gasteiger partial charge in [0, 0.05) is 17.3 Å². The topological polar surface area (TPSA) is 114 Å². The van der Waals surface area contributed by atoms with Gasteiger partial charge in [-0.15, -0.1) is 10.2 Å². The summed E-state index contributed by atoms with van der Waals surface area (Å²) in [5.74, 6) is 0.494. The van der Waals surface area contributed by atoms with E-state index < -0.39 is 5.25 Å². The highest BCUT2D eigenvalue weighted by molar-refractivity contribution is 8.00. The number of H-pyrrole nitrogens is 1. The number of carbonyl (C=O) groups excluding carboxylic acids is 1. The van der Waals surface area contributed by atoms with Crippen molar-refractivity contribution in [3.63, 3.8) is 0 Å². The number of amides is 1. The number of aromatic amines is 1. The molecule has 134 valence electrons. The van der Waals surface area contributed by atoms with Crippen molar-refractivity contribution in [1.29, 1.82) is 0 Å². The van der Waals surface area contributed by atoms with Crippen LogP contribution in [-0.2, 0) is 11.3 Å². The van der Waals surface area contributed by atoms with Gasteiger partial charge >= 0.3 is 0 Å². The standard InChI is InChI=1S/C17H17N5O3S/c1-10-8-13(23)20-17(19-10)26-11(2)15(24)18-9-14-21-22-16(25-14)12-6-4-3-5-7-12/h3-8,11H,9H2,1-2H3,(H,18,24)(H,19,20,23)/t11-/m0/s1. The van der Waals surface area contributed by atoms with Crippen LogP contribution in [0.5, 0.6) is 0 Å². The Balaban J connectivity index is 1.56.